The van der Waals surface area contributed by atoms with E-state index in [-0.39, 0.29) is 12.1 Å². The molecule has 90 valence electrons. The van der Waals surface area contributed by atoms with E-state index >= 15 is 0 Å². The minimum absolute atomic E-state index is 0.0308. The molecule has 0 aromatic heterocycles. The number of rotatable bonds is 5. The smallest absolute Gasteiger partial charge is 0.324 e. The van der Waals surface area contributed by atoms with E-state index < -0.39 is 12.6 Å². The summed E-state index contributed by atoms with van der Waals surface area (Å²) >= 11 is 0. The first kappa shape index (κ1) is 12.8. The van der Waals surface area contributed by atoms with Gasteiger partial charge in [-0.2, -0.15) is 13.2 Å². The molecule has 0 aromatic carbocycles. The Hall–Kier alpha value is -0.290. The monoisotopic (exact) mass is 224 g/mol. The quantitative estimate of drug-likeness (QED) is 0.774. The second-order valence-corrected chi connectivity index (χ2v) is 4.88. The van der Waals surface area contributed by atoms with Crippen LogP contribution < -0.4 is 5.73 Å². The van der Waals surface area contributed by atoms with Gasteiger partial charge in [0.2, 0.25) is 0 Å². The highest BCUT2D eigenvalue weighted by molar-refractivity contribution is 4.96. The molecular formula is C10H19F3N2. The molecule has 0 saturated heterocycles. The molecule has 0 heterocycles. The Morgan fingerprint density at radius 2 is 1.87 bits per heavy atom. The lowest BCUT2D eigenvalue weighted by atomic mass is 9.97. The van der Waals surface area contributed by atoms with Crippen LogP contribution in [0.15, 0.2) is 0 Å². The summed E-state index contributed by atoms with van der Waals surface area (Å²) in [5.74, 6) is 0.492. The van der Waals surface area contributed by atoms with Crippen LogP contribution in [-0.2, 0) is 0 Å². The number of likely N-dealkylation sites (N-methyl/N-ethyl adjacent to an activating group) is 1. The Kier molecular flexibility index (Phi) is 3.66. The van der Waals surface area contributed by atoms with Gasteiger partial charge in [-0.1, -0.05) is 0 Å². The third-order valence-electron chi connectivity index (χ3n) is 2.90. The Balaban J connectivity index is 2.26. The van der Waals surface area contributed by atoms with Crippen LogP contribution in [0.1, 0.15) is 26.2 Å². The summed E-state index contributed by atoms with van der Waals surface area (Å²) in [6.07, 6.45) is -2.61. The summed E-state index contributed by atoms with van der Waals surface area (Å²) in [5, 5.41) is 0. The standard InChI is InChI=1S/C10H19F3N2/c1-9(14,8-3-4-8)7-15(2)6-5-10(11,12)13/h8H,3-7,14H2,1-2H3. The second-order valence-electron chi connectivity index (χ2n) is 4.88. The molecule has 2 nitrogen and oxygen atoms in total. The van der Waals surface area contributed by atoms with Crippen LogP contribution >= 0.6 is 0 Å². The molecular weight excluding hydrogens is 205 g/mol. The highest BCUT2D eigenvalue weighted by Gasteiger charge is 2.39. The minimum atomic E-state index is -4.07. The van der Waals surface area contributed by atoms with Crippen molar-refractivity contribution in [3.63, 3.8) is 0 Å². The fourth-order valence-electron chi connectivity index (χ4n) is 1.85. The van der Waals surface area contributed by atoms with Gasteiger partial charge < -0.3 is 10.6 Å². The molecule has 0 spiro atoms. The van der Waals surface area contributed by atoms with Gasteiger partial charge >= 0.3 is 6.18 Å². The molecule has 0 aromatic rings. The van der Waals surface area contributed by atoms with Crippen LogP contribution in [0, 0.1) is 5.92 Å². The van der Waals surface area contributed by atoms with Gasteiger partial charge in [-0.25, -0.2) is 0 Å². The molecule has 1 aliphatic rings. The number of hydrogen-bond acceptors (Lipinski definition) is 2. The third kappa shape index (κ3) is 4.84. The summed E-state index contributed by atoms with van der Waals surface area (Å²) in [6, 6.07) is 0. The van der Waals surface area contributed by atoms with E-state index in [1.165, 1.54) is 0 Å². The Morgan fingerprint density at radius 3 is 2.27 bits per heavy atom. The zero-order valence-electron chi connectivity index (χ0n) is 9.27. The molecule has 5 heteroatoms. The van der Waals surface area contributed by atoms with Gasteiger partial charge in [-0.15, -0.1) is 0 Å². The van der Waals surface area contributed by atoms with Crippen molar-refractivity contribution in [2.45, 2.75) is 37.9 Å². The Labute approximate surface area is 88.6 Å². The first-order chi connectivity index (χ1) is 6.71. The Bertz CT molecular complexity index is 209. The summed E-state index contributed by atoms with van der Waals surface area (Å²) < 4.78 is 35.9. The van der Waals surface area contributed by atoms with E-state index in [9.17, 15) is 13.2 Å². The molecule has 0 aliphatic heterocycles. The van der Waals surface area contributed by atoms with E-state index in [2.05, 4.69) is 0 Å². The minimum Gasteiger partial charge on any atom is -0.324 e. The molecule has 1 rings (SSSR count). The van der Waals surface area contributed by atoms with Crippen LogP contribution in [0.5, 0.6) is 0 Å². The van der Waals surface area contributed by atoms with Gasteiger partial charge in [0.05, 0.1) is 6.42 Å². The molecule has 0 amide bonds. The fraction of sp³-hybridized carbons (Fsp3) is 1.00. The van der Waals surface area contributed by atoms with E-state index in [0.29, 0.717) is 12.5 Å². The van der Waals surface area contributed by atoms with E-state index in [1.807, 2.05) is 6.92 Å². The molecule has 1 aliphatic carbocycles. The molecule has 1 fully saturated rings. The third-order valence-corrected chi connectivity index (χ3v) is 2.90. The van der Waals surface area contributed by atoms with Gasteiger partial charge in [0.15, 0.2) is 0 Å². The largest absolute Gasteiger partial charge is 0.390 e. The van der Waals surface area contributed by atoms with E-state index in [4.69, 9.17) is 5.73 Å². The maximum Gasteiger partial charge on any atom is 0.390 e. The molecule has 15 heavy (non-hydrogen) atoms. The van der Waals surface area contributed by atoms with Crippen LogP contribution in [0.3, 0.4) is 0 Å². The van der Waals surface area contributed by atoms with Crippen LogP contribution in [0.25, 0.3) is 0 Å². The summed E-state index contributed by atoms with van der Waals surface area (Å²) in [7, 11) is 1.69. The normalized spacial score (nSPS) is 21.8. The SMILES string of the molecule is CN(CCC(F)(F)F)CC(C)(N)C1CC1. The van der Waals surface area contributed by atoms with Crippen molar-refractivity contribution in [2.75, 3.05) is 20.1 Å². The molecule has 0 bridgehead atoms. The topological polar surface area (TPSA) is 29.3 Å². The van der Waals surface area contributed by atoms with Crippen molar-refractivity contribution in [3.8, 4) is 0 Å². The van der Waals surface area contributed by atoms with Crippen molar-refractivity contribution in [3.05, 3.63) is 0 Å². The number of nitrogens with zero attached hydrogens (tertiary/aromatic N) is 1. The van der Waals surface area contributed by atoms with Crippen LogP contribution in [0.4, 0.5) is 13.2 Å². The highest BCUT2D eigenvalue weighted by Crippen LogP contribution is 2.38. The number of hydrogen-bond donors (Lipinski definition) is 1. The average Bonchev–Trinajstić information content (AvgIpc) is 2.80. The fourth-order valence-corrected chi connectivity index (χ4v) is 1.85. The van der Waals surface area contributed by atoms with Crippen molar-refractivity contribution >= 4 is 0 Å². The lowest BCUT2D eigenvalue weighted by molar-refractivity contribution is -0.137. The first-order valence-corrected chi connectivity index (χ1v) is 5.25. The zero-order valence-corrected chi connectivity index (χ0v) is 9.27. The summed E-state index contributed by atoms with van der Waals surface area (Å²) in [5.41, 5.74) is 5.71. The predicted octanol–water partition coefficient (Wildman–Crippen LogP) is 2.00. The molecule has 1 atom stereocenters. The maximum atomic E-state index is 12.0. The number of nitrogens with two attached hydrogens (primary N) is 1. The zero-order chi connectivity index (χ0) is 11.7. The van der Waals surface area contributed by atoms with Crippen molar-refractivity contribution in [1.29, 1.82) is 0 Å². The summed E-state index contributed by atoms with van der Waals surface area (Å²) in [6.45, 7) is 2.49. The van der Waals surface area contributed by atoms with Crippen molar-refractivity contribution in [2.24, 2.45) is 11.7 Å². The van der Waals surface area contributed by atoms with Gasteiger partial charge in [-0.3, -0.25) is 0 Å². The molecule has 1 saturated carbocycles. The molecule has 1 unspecified atom stereocenters. The van der Waals surface area contributed by atoms with Gasteiger partial charge in [0.25, 0.3) is 0 Å². The number of alkyl halides is 3. The van der Waals surface area contributed by atoms with E-state index in [1.54, 1.807) is 11.9 Å². The van der Waals surface area contributed by atoms with Gasteiger partial charge in [-0.05, 0) is 32.7 Å². The van der Waals surface area contributed by atoms with Crippen LogP contribution in [0.2, 0.25) is 0 Å². The summed E-state index contributed by atoms with van der Waals surface area (Å²) in [4.78, 5) is 1.67. The lowest BCUT2D eigenvalue weighted by Gasteiger charge is -2.30. The predicted molar refractivity (Wildman–Crippen MR) is 53.5 cm³/mol. The Morgan fingerprint density at radius 1 is 1.33 bits per heavy atom. The lowest BCUT2D eigenvalue weighted by Crippen LogP contribution is -2.49. The molecule has 0 radical (unpaired) electrons. The maximum absolute atomic E-state index is 12.0. The average molecular weight is 224 g/mol. The molecule has 2 N–H and O–H groups in total. The first-order valence-electron chi connectivity index (χ1n) is 5.25. The highest BCUT2D eigenvalue weighted by atomic mass is 19.4. The van der Waals surface area contributed by atoms with E-state index in [0.717, 1.165) is 12.8 Å². The van der Waals surface area contributed by atoms with Crippen molar-refractivity contribution < 1.29 is 13.2 Å². The van der Waals surface area contributed by atoms with Crippen molar-refractivity contribution in [1.82, 2.24) is 4.90 Å². The van der Waals surface area contributed by atoms with Gasteiger partial charge in [0, 0.05) is 18.6 Å². The second kappa shape index (κ2) is 4.29. The van der Waals surface area contributed by atoms with Crippen LogP contribution in [-0.4, -0.2) is 36.8 Å². The van der Waals surface area contributed by atoms with Gasteiger partial charge in [0.1, 0.15) is 0 Å². The number of halogens is 3.